The maximum absolute atomic E-state index is 12.9. The molecule has 1 N–H and O–H groups in total. The van der Waals surface area contributed by atoms with Gasteiger partial charge in [-0.15, -0.1) is 0 Å². The third-order valence-electron chi connectivity index (χ3n) is 4.43. The van der Waals surface area contributed by atoms with Crippen LogP contribution >= 0.6 is 67.8 Å². The van der Waals surface area contributed by atoms with Gasteiger partial charge in [-0.25, -0.2) is 4.79 Å². The van der Waals surface area contributed by atoms with Gasteiger partial charge in [-0.2, -0.15) is 8.42 Å². The van der Waals surface area contributed by atoms with Crippen LogP contribution in [0.15, 0.2) is 23.1 Å². The van der Waals surface area contributed by atoms with E-state index in [1.807, 2.05) is 6.07 Å². The maximum atomic E-state index is 12.9. The zero-order chi connectivity index (χ0) is 19.9. The lowest BCUT2D eigenvalue weighted by atomic mass is 9.89. The number of benzene rings is 2. The van der Waals surface area contributed by atoms with Crippen molar-refractivity contribution in [3.63, 3.8) is 0 Å². The van der Waals surface area contributed by atoms with Gasteiger partial charge in [-0.1, -0.05) is 0 Å². The lowest BCUT2D eigenvalue weighted by Gasteiger charge is -2.23. The van der Waals surface area contributed by atoms with E-state index in [9.17, 15) is 17.8 Å². The molecule has 1 aliphatic rings. The molecule has 1 aliphatic carbocycles. The van der Waals surface area contributed by atoms with Crippen molar-refractivity contribution in [2.75, 3.05) is 0 Å². The first-order valence-electron chi connectivity index (χ1n) is 8.09. The van der Waals surface area contributed by atoms with E-state index in [0.29, 0.717) is 40.8 Å². The third kappa shape index (κ3) is 4.61. The number of carbonyl (C=O) groups is 1. The summed E-state index contributed by atoms with van der Waals surface area (Å²) in [6, 6.07) is 5.15. The van der Waals surface area contributed by atoms with Crippen LogP contribution < -0.4 is 4.74 Å². The molecule has 2 aromatic carbocycles. The summed E-state index contributed by atoms with van der Waals surface area (Å²) in [6.45, 7) is 1.69. The molecule has 0 spiro atoms. The Hall–Kier alpha value is 0.0100. The molecule has 0 atom stereocenters. The minimum absolute atomic E-state index is 0.0760. The molecule has 0 fully saturated rings. The summed E-state index contributed by atoms with van der Waals surface area (Å²) in [4.78, 5) is 12.8. The summed E-state index contributed by atoms with van der Waals surface area (Å²) >= 11 is 6.46. The molecule has 144 valence electrons. The van der Waals surface area contributed by atoms with E-state index in [-0.39, 0.29) is 4.90 Å². The number of rotatable bonds is 3. The largest absolute Gasteiger partial charge is 0.422 e. The van der Waals surface area contributed by atoms with E-state index in [0.717, 1.165) is 23.6 Å². The van der Waals surface area contributed by atoms with Crippen molar-refractivity contribution in [3.05, 3.63) is 51.2 Å². The normalized spacial score (nSPS) is 14.0. The van der Waals surface area contributed by atoms with Crippen LogP contribution in [0.4, 0.5) is 0 Å². The van der Waals surface area contributed by atoms with Gasteiger partial charge in [0.15, 0.2) is 0 Å². The second-order valence-corrected chi connectivity index (χ2v) is 11.2. The highest BCUT2D eigenvalue weighted by atomic mass is 127. The van der Waals surface area contributed by atoms with Crippen LogP contribution in [0.25, 0.3) is 0 Å². The standard InChI is InChI=1S/C18H15I3O5S/c1-9-6-15(27(23,24)25)11-4-2-3-5-12(11)17(9)26-18(22)13-7-10(19)8-14(20)16(13)21/h6-8H,2-5H2,1H3,(H,23,24,25). The smallest absolute Gasteiger partial charge is 0.344 e. The predicted octanol–water partition coefficient (Wildman–Crippen LogP) is 5.15. The molecule has 0 bridgehead atoms. The van der Waals surface area contributed by atoms with Crippen molar-refractivity contribution in [2.45, 2.75) is 37.5 Å². The van der Waals surface area contributed by atoms with Crippen molar-refractivity contribution in [1.29, 1.82) is 0 Å². The molecule has 3 rings (SSSR count). The Morgan fingerprint density at radius 3 is 2.33 bits per heavy atom. The highest BCUT2D eigenvalue weighted by Gasteiger charge is 2.27. The lowest BCUT2D eigenvalue weighted by Crippen LogP contribution is -2.17. The number of fused-ring (bicyclic) bond motifs is 1. The SMILES string of the molecule is Cc1cc(S(=O)(=O)O)c2c(c1OC(=O)c1cc(I)cc(I)c1I)CCCC2. The first kappa shape index (κ1) is 21.7. The molecule has 0 radical (unpaired) electrons. The zero-order valence-electron chi connectivity index (χ0n) is 14.2. The molecular weight excluding hydrogens is 709 g/mol. The van der Waals surface area contributed by atoms with E-state index in [1.54, 1.807) is 13.0 Å². The van der Waals surface area contributed by atoms with Crippen LogP contribution in [0.2, 0.25) is 0 Å². The second kappa shape index (κ2) is 8.40. The molecule has 0 saturated heterocycles. The summed E-state index contributed by atoms with van der Waals surface area (Å²) in [6.07, 6.45) is 2.86. The molecule has 0 unspecified atom stereocenters. The Kier molecular flexibility index (Phi) is 6.75. The Morgan fingerprint density at radius 2 is 1.70 bits per heavy atom. The monoisotopic (exact) mass is 724 g/mol. The van der Waals surface area contributed by atoms with Gasteiger partial charge in [-0.3, -0.25) is 4.55 Å². The first-order valence-corrected chi connectivity index (χ1v) is 12.8. The van der Waals surface area contributed by atoms with E-state index in [2.05, 4.69) is 67.8 Å². The molecule has 2 aromatic rings. The average Bonchev–Trinajstić information content (AvgIpc) is 2.59. The fraction of sp³-hybridized carbons (Fsp3) is 0.278. The second-order valence-electron chi connectivity index (χ2n) is 6.30. The van der Waals surface area contributed by atoms with Gasteiger partial charge in [0.05, 0.1) is 10.5 Å². The summed E-state index contributed by atoms with van der Waals surface area (Å²) < 4.78 is 41.6. The number of halogens is 3. The number of ether oxygens (including phenoxy) is 1. The first-order chi connectivity index (χ1) is 12.6. The van der Waals surface area contributed by atoms with Gasteiger partial charge in [0.2, 0.25) is 0 Å². The van der Waals surface area contributed by atoms with Crippen molar-refractivity contribution in [1.82, 2.24) is 0 Å². The van der Waals surface area contributed by atoms with Gasteiger partial charge in [0, 0.05) is 10.7 Å². The molecule has 0 amide bonds. The van der Waals surface area contributed by atoms with Crippen LogP contribution in [0, 0.1) is 17.6 Å². The molecule has 0 aliphatic heterocycles. The number of esters is 1. The maximum Gasteiger partial charge on any atom is 0.344 e. The van der Waals surface area contributed by atoms with Gasteiger partial charge in [-0.05, 0) is 135 Å². The van der Waals surface area contributed by atoms with Crippen LogP contribution in [0.5, 0.6) is 5.75 Å². The Labute approximate surface area is 198 Å². The van der Waals surface area contributed by atoms with E-state index < -0.39 is 16.1 Å². The number of aryl methyl sites for hydroxylation is 1. The van der Waals surface area contributed by atoms with Gasteiger partial charge >= 0.3 is 5.97 Å². The van der Waals surface area contributed by atoms with Crippen LogP contribution in [0.3, 0.4) is 0 Å². The number of hydrogen-bond donors (Lipinski definition) is 1. The number of carbonyl (C=O) groups excluding carboxylic acids is 1. The summed E-state index contributed by atoms with van der Waals surface area (Å²) in [5.74, 6) is -0.0573. The molecule has 0 aromatic heterocycles. The van der Waals surface area contributed by atoms with Crippen LogP contribution in [-0.4, -0.2) is 18.9 Å². The quantitative estimate of drug-likeness (QED) is 0.156. The molecule has 5 nitrogen and oxygen atoms in total. The highest BCUT2D eigenvalue weighted by Crippen LogP contribution is 2.37. The zero-order valence-corrected chi connectivity index (χ0v) is 21.5. The van der Waals surface area contributed by atoms with Crippen molar-refractivity contribution < 1.29 is 22.5 Å². The topological polar surface area (TPSA) is 80.7 Å². The lowest BCUT2D eigenvalue weighted by molar-refractivity contribution is 0.0730. The van der Waals surface area contributed by atoms with Crippen LogP contribution in [-0.2, 0) is 23.0 Å². The fourth-order valence-corrected chi connectivity index (χ4v) is 6.48. The Morgan fingerprint density at radius 1 is 1.07 bits per heavy atom. The predicted molar refractivity (Wildman–Crippen MR) is 127 cm³/mol. The molecule has 27 heavy (non-hydrogen) atoms. The molecular formula is C18H15I3O5S. The van der Waals surface area contributed by atoms with Crippen molar-refractivity contribution >= 4 is 83.9 Å². The van der Waals surface area contributed by atoms with E-state index >= 15 is 0 Å². The van der Waals surface area contributed by atoms with Gasteiger partial charge < -0.3 is 4.74 Å². The Balaban J connectivity index is 2.10. The highest BCUT2D eigenvalue weighted by molar-refractivity contribution is 14.1. The van der Waals surface area contributed by atoms with Crippen molar-refractivity contribution in [2.24, 2.45) is 0 Å². The van der Waals surface area contributed by atoms with Crippen molar-refractivity contribution in [3.8, 4) is 5.75 Å². The number of hydrogen-bond acceptors (Lipinski definition) is 4. The third-order valence-corrected chi connectivity index (χ3v) is 9.02. The molecule has 0 heterocycles. The van der Waals surface area contributed by atoms with Gasteiger partial charge in [0.25, 0.3) is 10.1 Å². The summed E-state index contributed by atoms with van der Waals surface area (Å²) in [7, 11) is -4.33. The van der Waals surface area contributed by atoms with Crippen LogP contribution in [0.1, 0.15) is 39.9 Å². The molecule has 9 heteroatoms. The Bertz CT molecular complexity index is 1050. The summed E-state index contributed by atoms with van der Waals surface area (Å²) in [5, 5.41) is 0. The van der Waals surface area contributed by atoms with E-state index in [1.165, 1.54) is 6.07 Å². The minimum atomic E-state index is -4.33. The van der Waals surface area contributed by atoms with E-state index in [4.69, 9.17) is 4.74 Å². The average molecular weight is 724 g/mol. The fourth-order valence-electron chi connectivity index (χ4n) is 3.24. The van der Waals surface area contributed by atoms with Gasteiger partial charge in [0.1, 0.15) is 5.75 Å². The molecule has 0 saturated carbocycles. The summed E-state index contributed by atoms with van der Waals surface area (Å²) in [5.41, 5.74) is 2.27. The minimum Gasteiger partial charge on any atom is -0.422 e.